The van der Waals surface area contributed by atoms with Crippen molar-refractivity contribution in [3.63, 3.8) is 0 Å². The maximum atomic E-state index is 12.5. The van der Waals surface area contributed by atoms with Crippen LogP contribution in [-0.4, -0.2) is 36.0 Å². The summed E-state index contributed by atoms with van der Waals surface area (Å²) in [6.45, 7) is 0. The molecule has 0 radical (unpaired) electrons. The summed E-state index contributed by atoms with van der Waals surface area (Å²) in [5.74, 6) is 1.99. The molecule has 0 aliphatic carbocycles. The van der Waals surface area contributed by atoms with Crippen LogP contribution >= 0.6 is 10.3 Å². The van der Waals surface area contributed by atoms with E-state index >= 15 is 0 Å². The summed E-state index contributed by atoms with van der Waals surface area (Å²) < 4.78 is 46.7. The smallest absolute Gasteiger partial charge is 0.274 e. The third kappa shape index (κ3) is 4.56. The number of rotatable bonds is 8. The van der Waals surface area contributed by atoms with Gasteiger partial charge in [0.1, 0.15) is 17.2 Å². The highest BCUT2D eigenvalue weighted by Gasteiger charge is 2.36. The van der Waals surface area contributed by atoms with E-state index < -0.39 is 20.4 Å². The first-order valence-corrected chi connectivity index (χ1v) is 12.4. The van der Waals surface area contributed by atoms with E-state index in [4.69, 9.17) is 17.8 Å². The molecule has 0 amide bonds. The van der Waals surface area contributed by atoms with E-state index in [1.54, 1.807) is 57.7 Å². The fourth-order valence-electron chi connectivity index (χ4n) is 3.01. The second kappa shape index (κ2) is 8.99. The molecule has 0 bridgehead atoms. The van der Waals surface area contributed by atoms with Crippen molar-refractivity contribution in [2.45, 2.75) is 14.7 Å². The molecule has 3 aromatic rings. The highest BCUT2D eigenvalue weighted by Crippen LogP contribution is 2.70. The Morgan fingerprint density at radius 1 is 0.533 bits per heavy atom. The fraction of sp³-hybridized carbons (Fsp3) is 0.182. The molecule has 3 aromatic carbocycles. The second-order valence-electron chi connectivity index (χ2n) is 6.35. The molecular formula is C22H24O6S2. The van der Waals surface area contributed by atoms with Gasteiger partial charge in [-0.15, -0.1) is 0 Å². The molecule has 0 fully saturated rings. The third-order valence-corrected chi connectivity index (χ3v) is 9.01. The summed E-state index contributed by atoms with van der Waals surface area (Å²) in [6.07, 6.45) is 1.06. The lowest BCUT2D eigenvalue weighted by Gasteiger charge is -2.39. The number of hydrogen-bond donors (Lipinski definition) is 0. The molecule has 160 valence electrons. The molecular weight excluding hydrogens is 424 g/mol. The van der Waals surface area contributed by atoms with Crippen LogP contribution in [0.4, 0.5) is 0 Å². The molecule has 3 rings (SSSR count). The van der Waals surface area contributed by atoms with Crippen molar-refractivity contribution < 1.29 is 26.3 Å². The molecule has 0 N–H and O–H groups in total. The largest absolute Gasteiger partial charge is 0.497 e. The van der Waals surface area contributed by atoms with Gasteiger partial charge in [0.25, 0.3) is 10.1 Å². The zero-order valence-electron chi connectivity index (χ0n) is 17.2. The molecule has 8 heteroatoms. The maximum Gasteiger partial charge on any atom is 0.274 e. The summed E-state index contributed by atoms with van der Waals surface area (Å²) in [6, 6.07) is 21.7. The van der Waals surface area contributed by atoms with Gasteiger partial charge in [0.05, 0.1) is 27.6 Å². The van der Waals surface area contributed by atoms with Crippen LogP contribution in [0, 0.1) is 0 Å². The summed E-state index contributed by atoms with van der Waals surface area (Å²) in [5, 5.41) is 0. The van der Waals surface area contributed by atoms with Crippen LogP contribution in [0.15, 0.2) is 87.5 Å². The minimum Gasteiger partial charge on any atom is -0.497 e. The van der Waals surface area contributed by atoms with Crippen molar-refractivity contribution in [3.8, 4) is 17.2 Å². The van der Waals surface area contributed by atoms with Gasteiger partial charge in [-0.1, -0.05) is 0 Å². The van der Waals surface area contributed by atoms with Crippen LogP contribution in [-0.2, 0) is 13.7 Å². The monoisotopic (exact) mass is 448 g/mol. The van der Waals surface area contributed by atoms with Gasteiger partial charge in [0.2, 0.25) is 0 Å². The third-order valence-electron chi connectivity index (χ3n) is 4.40. The molecule has 0 saturated carbocycles. The minimum absolute atomic E-state index is 0.663. The van der Waals surface area contributed by atoms with Gasteiger partial charge in [-0.3, -0.25) is 0 Å². The highest BCUT2D eigenvalue weighted by molar-refractivity contribution is 8.33. The van der Waals surface area contributed by atoms with E-state index in [0.29, 0.717) is 31.9 Å². The average molecular weight is 449 g/mol. The Balaban J connectivity index is 2.33. The number of methoxy groups -OCH3 is 3. The van der Waals surface area contributed by atoms with E-state index in [-0.39, 0.29) is 0 Å². The van der Waals surface area contributed by atoms with Crippen LogP contribution in [0.5, 0.6) is 17.2 Å². The zero-order chi connectivity index (χ0) is 21.8. The van der Waals surface area contributed by atoms with Crippen molar-refractivity contribution >= 4 is 20.4 Å². The Bertz CT molecular complexity index is 960. The normalized spacial score (nSPS) is 12.3. The lowest BCUT2D eigenvalue weighted by Crippen LogP contribution is -2.13. The molecule has 30 heavy (non-hydrogen) atoms. The maximum absolute atomic E-state index is 12.5. The van der Waals surface area contributed by atoms with Gasteiger partial charge in [-0.25, -0.2) is 3.63 Å². The van der Waals surface area contributed by atoms with Crippen molar-refractivity contribution in [2.24, 2.45) is 0 Å². The topological polar surface area (TPSA) is 71.1 Å². The van der Waals surface area contributed by atoms with Gasteiger partial charge in [-0.2, -0.15) is 8.42 Å². The molecule has 6 nitrogen and oxygen atoms in total. The quantitative estimate of drug-likeness (QED) is 0.489. The lowest BCUT2D eigenvalue weighted by molar-refractivity contribution is 0.414. The van der Waals surface area contributed by atoms with Crippen LogP contribution < -0.4 is 14.2 Å². The van der Waals surface area contributed by atoms with Gasteiger partial charge >= 0.3 is 0 Å². The Labute approximate surface area is 179 Å². The predicted molar refractivity (Wildman–Crippen MR) is 117 cm³/mol. The standard InChI is InChI=1S/C22H24O6S2/c1-25-17-5-11-20(12-6-17)30(28-29(4,23)24,21-13-7-18(26-2)8-14-21)22-15-9-19(27-3)10-16-22/h5-16H,1-4H3. The Kier molecular flexibility index (Phi) is 6.60. The number of benzene rings is 3. The molecule has 0 saturated heterocycles. The van der Waals surface area contributed by atoms with Crippen molar-refractivity contribution in [3.05, 3.63) is 72.8 Å². The van der Waals surface area contributed by atoms with Crippen LogP contribution in [0.1, 0.15) is 0 Å². The summed E-state index contributed by atoms with van der Waals surface area (Å²) in [7, 11) is -1.71. The first-order valence-electron chi connectivity index (χ1n) is 8.99. The Morgan fingerprint density at radius 2 is 0.800 bits per heavy atom. The highest BCUT2D eigenvalue weighted by atomic mass is 32.3. The number of ether oxygens (including phenoxy) is 3. The van der Waals surface area contributed by atoms with Gasteiger partial charge < -0.3 is 14.2 Å². The lowest BCUT2D eigenvalue weighted by atomic mass is 10.3. The second-order valence-corrected chi connectivity index (χ2v) is 10.8. The Morgan fingerprint density at radius 3 is 1.00 bits per heavy atom. The van der Waals surface area contributed by atoms with Gasteiger partial charge in [0, 0.05) is 14.7 Å². The summed E-state index contributed by atoms with van der Waals surface area (Å²) in [5.41, 5.74) is 0. The van der Waals surface area contributed by atoms with Crippen molar-refractivity contribution in [1.29, 1.82) is 0 Å². The first kappa shape index (κ1) is 22.0. The molecule has 0 atom stereocenters. The first-order chi connectivity index (χ1) is 14.3. The minimum atomic E-state index is -3.83. The molecule has 0 heterocycles. The Hall–Kier alpha value is -2.68. The van der Waals surface area contributed by atoms with Crippen LogP contribution in [0.2, 0.25) is 0 Å². The molecule has 0 spiro atoms. The number of hydrogen-bond acceptors (Lipinski definition) is 6. The molecule has 0 aliphatic heterocycles. The van der Waals surface area contributed by atoms with Gasteiger partial charge in [-0.05, 0) is 83.1 Å². The van der Waals surface area contributed by atoms with E-state index in [9.17, 15) is 8.42 Å². The van der Waals surface area contributed by atoms with E-state index in [1.165, 1.54) is 0 Å². The SMILES string of the molecule is COc1ccc(S(OS(C)(=O)=O)(c2ccc(OC)cc2)c2ccc(OC)cc2)cc1. The van der Waals surface area contributed by atoms with Crippen LogP contribution in [0.3, 0.4) is 0 Å². The van der Waals surface area contributed by atoms with Gasteiger partial charge in [0.15, 0.2) is 0 Å². The molecule has 0 aliphatic rings. The predicted octanol–water partition coefficient (Wildman–Crippen LogP) is 4.89. The fourth-order valence-corrected chi connectivity index (χ4v) is 7.81. The molecule has 0 unspecified atom stereocenters. The van der Waals surface area contributed by atoms with E-state index in [1.807, 2.05) is 36.4 Å². The summed E-state index contributed by atoms with van der Waals surface area (Å²) in [4.78, 5) is 2.14. The summed E-state index contributed by atoms with van der Waals surface area (Å²) >= 11 is 0. The van der Waals surface area contributed by atoms with Crippen molar-refractivity contribution in [1.82, 2.24) is 0 Å². The molecule has 0 aromatic heterocycles. The van der Waals surface area contributed by atoms with E-state index in [2.05, 4.69) is 0 Å². The van der Waals surface area contributed by atoms with Crippen LogP contribution in [0.25, 0.3) is 0 Å². The van der Waals surface area contributed by atoms with Crippen molar-refractivity contribution in [2.75, 3.05) is 27.6 Å². The zero-order valence-corrected chi connectivity index (χ0v) is 18.8. The average Bonchev–Trinajstić information content (AvgIpc) is 2.77. The van der Waals surface area contributed by atoms with E-state index in [0.717, 1.165) is 6.26 Å².